The lowest BCUT2D eigenvalue weighted by Crippen LogP contribution is -2.09. The number of rotatable bonds is 4. The molecule has 110 valence electrons. The van der Waals surface area contributed by atoms with Gasteiger partial charge in [-0.2, -0.15) is 0 Å². The third-order valence-electron chi connectivity index (χ3n) is 3.06. The van der Waals surface area contributed by atoms with Crippen molar-refractivity contribution in [3.05, 3.63) is 64.7 Å². The molecule has 3 nitrogen and oxygen atoms in total. The van der Waals surface area contributed by atoms with Crippen LogP contribution in [0.5, 0.6) is 0 Å². The molecule has 0 saturated carbocycles. The van der Waals surface area contributed by atoms with Gasteiger partial charge >= 0.3 is 5.97 Å². The van der Waals surface area contributed by atoms with Gasteiger partial charge in [-0.3, -0.25) is 0 Å². The van der Waals surface area contributed by atoms with E-state index in [2.05, 4.69) is 10.1 Å². The van der Waals surface area contributed by atoms with Crippen LogP contribution in [0.15, 0.2) is 36.4 Å². The Labute approximate surface area is 121 Å². The second-order valence-electron chi connectivity index (χ2n) is 4.63. The molecule has 0 heterocycles. The summed E-state index contributed by atoms with van der Waals surface area (Å²) >= 11 is 0. The Morgan fingerprint density at radius 3 is 2.67 bits per heavy atom. The summed E-state index contributed by atoms with van der Waals surface area (Å²) in [5.41, 5.74) is 1.82. The molecule has 0 spiro atoms. The third-order valence-corrected chi connectivity index (χ3v) is 3.06. The lowest BCUT2D eigenvalue weighted by Gasteiger charge is -2.12. The van der Waals surface area contributed by atoms with Crippen LogP contribution in [-0.4, -0.2) is 13.1 Å². The molecule has 0 atom stereocenters. The zero-order chi connectivity index (χ0) is 15.4. The molecule has 0 aromatic heterocycles. The molecule has 0 fully saturated rings. The predicted molar refractivity (Wildman–Crippen MR) is 76.2 cm³/mol. The maximum Gasteiger partial charge on any atom is 0.339 e. The summed E-state index contributed by atoms with van der Waals surface area (Å²) in [6, 6.07) is 8.42. The standard InChI is InChI=1S/C16H15F2NO2/c1-10-3-6-14(18)11(7-10)9-19-15-8-12(17)4-5-13(15)16(20)21-2/h3-8,19H,9H2,1-2H3. The van der Waals surface area contributed by atoms with Crippen molar-refractivity contribution in [1.82, 2.24) is 0 Å². The van der Waals surface area contributed by atoms with Crippen LogP contribution in [0.25, 0.3) is 0 Å². The van der Waals surface area contributed by atoms with Gasteiger partial charge in [0.25, 0.3) is 0 Å². The molecule has 0 aliphatic rings. The summed E-state index contributed by atoms with van der Waals surface area (Å²) in [5.74, 6) is -1.43. The summed E-state index contributed by atoms with van der Waals surface area (Å²) in [6.45, 7) is 1.99. The SMILES string of the molecule is COC(=O)c1ccc(F)cc1NCc1cc(C)ccc1F. The summed E-state index contributed by atoms with van der Waals surface area (Å²) in [6.07, 6.45) is 0. The Morgan fingerprint density at radius 2 is 1.95 bits per heavy atom. The quantitative estimate of drug-likeness (QED) is 0.873. The summed E-state index contributed by atoms with van der Waals surface area (Å²) in [4.78, 5) is 11.6. The molecule has 0 unspecified atom stereocenters. The number of aryl methyl sites for hydroxylation is 1. The van der Waals surface area contributed by atoms with Crippen LogP contribution >= 0.6 is 0 Å². The van der Waals surface area contributed by atoms with E-state index in [1.807, 2.05) is 6.92 Å². The van der Waals surface area contributed by atoms with Gasteiger partial charge in [-0.25, -0.2) is 13.6 Å². The highest BCUT2D eigenvalue weighted by atomic mass is 19.1. The van der Waals surface area contributed by atoms with Gasteiger partial charge in [0.05, 0.1) is 18.4 Å². The minimum atomic E-state index is -0.581. The lowest BCUT2D eigenvalue weighted by molar-refractivity contribution is 0.0602. The van der Waals surface area contributed by atoms with Crippen LogP contribution < -0.4 is 5.32 Å². The second-order valence-corrected chi connectivity index (χ2v) is 4.63. The number of hydrogen-bond acceptors (Lipinski definition) is 3. The van der Waals surface area contributed by atoms with E-state index in [4.69, 9.17) is 0 Å². The van der Waals surface area contributed by atoms with E-state index in [1.54, 1.807) is 12.1 Å². The number of carbonyl (C=O) groups excluding carboxylic acids is 1. The first kappa shape index (κ1) is 15.0. The molecule has 0 radical (unpaired) electrons. The Hall–Kier alpha value is -2.43. The molecule has 2 aromatic carbocycles. The van der Waals surface area contributed by atoms with E-state index >= 15 is 0 Å². The maximum absolute atomic E-state index is 13.7. The van der Waals surface area contributed by atoms with Crippen molar-refractivity contribution < 1.29 is 18.3 Å². The van der Waals surface area contributed by atoms with E-state index in [-0.39, 0.29) is 23.6 Å². The van der Waals surface area contributed by atoms with Gasteiger partial charge in [0.2, 0.25) is 0 Å². The number of esters is 1. The van der Waals surface area contributed by atoms with E-state index in [0.717, 1.165) is 5.56 Å². The Kier molecular flexibility index (Phi) is 4.52. The van der Waals surface area contributed by atoms with Gasteiger partial charge in [0, 0.05) is 12.1 Å². The van der Waals surface area contributed by atoms with Crippen LogP contribution in [0.1, 0.15) is 21.5 Å². The zero-order valence-electron chi connectivity index (χ0n) is 11.7. The molecule has 2 rings (SSSR count). The monoisotopic (exact) mass is 291 g/mol. The van der Waals surface area contributed by atoms with Crippen molar-refractivity contribution in [1.29, 1.82) is 0 Å². The van der Waals surface area contributed by atoms with Crippen LogP contribution in [-0.2, 0) is 11.3 Å². The van der Waals surface area contributed by atoms with E-state index in [9.17, 15) is 13.6 Å². The maximum atomic E-state index is 13.7. The van der Waals surface area contributed by atoms with E-state index in [1.165, 1.54) is 31.4 Å². The molecule has 2 aromatic rings. The Morgan fingerprint density at radius 1 is 1.19 bits per heavy atom. The largest absolute Gasteiger partial charge is 0.465 e. The van der Waals surface area contributed by atoms with Crippen LogP contribution in [0.3, 0.4) is 0 Å². The van der Waals surface area contributed by atoms with Gasteiger partial charge in [-0.15, -0.1) is 0 Å². The van der Waals surface area contributed by atoms with Crippen molar-refractivity contribution in [3.63, 3.8) is 0 Å². The second kappa shape index (κ2) is 6.35. The van der Waals surface area contributed by atoms with Crippen molar-refractivity contribution in [2.75, 3.05) is 12.4 Å². The van der Waals surface area contributed by atoms with Crippen LogP contribution in [0, 0.1) is 18.6 Å². The number of methoxy groups -OCH3 is 1. The molecular weight excluding hydrogens is 276 g/mol. The molecular formula is C16H15F2NO2. The molecule has 0 bridgehead atoms. The number of nitrogens with one attached hydrogen (secondary N) is 1. The molecule has 5 heteroatoms. The predicted octanol–water partition coefficient (Wildman–Crippen LogP) is 3.67. The molecule has 0 saturated heterocycles. The average Bonchev–Trinajstić information content (AvgIpc) is 2.47. The molecule has 0 aliphatic carbocycles. The van der Waals surface area contributed by atoms with Gasteiger partial charge in [0.1, 0.15) is 11.6 Å². The van der Waals surface area contributed by atoms with Gasteiger partial charge in [-0.1, -0.05) is 17.7 Å². The zero-order valence-corrected chi connectivity index (χ0v) is 11.7. The van der Waals surface area contributed by atoms with Crippen molar-refractivity contribution in [2.45, 2.75) is 13.5 Å². The van der Waals surface area contributed by atoms with E-state index < -0.39 is 11.8 Å². The van der Waals surface area contributed by atoms with Crippen LogP contribution in [0.2, 0.25) is 0 Å². The smallest absolute Gasteiger partial charge is 0.339 e. The van der Waals surface area contributed by atoms with Crippen molar-refractivity contribution in [3.8, 4) is 0 Å². The third kappa shape index (κ3) is 3.56. The molecule has 1 N–H and O–H groups in total. The number of anilines is 1. The minimum Gasteiger partial charge on any atom is -0.465 e. The fourth-order valence-corrected chi connectivity index (χ4v) is 1.98. The minimum absolute atomic E-state index is 0.140. The van der Waals surface area contributed by atoms with Crippen molar-refractivity contribution in [2.24, 2.45) is 0 Å². The lowest BCUT2D eigenvalue weighted by atomic mass is 10.1. The first-order valence-electron chi connectivity index (χ1n) is 6.38. The highest BCUT2D eigenvalue weighted by Gasteiger charge is 2.13. The first-order valence-corrected chi connectivity index (χ1v) is 6.38. The van der Waals surface area contributed by atoms with Gasteiger partial charge < -0.3 is 10.1 Å². The number of halogens is 2. The number of benzene rings is 2. The van der Waals surface area contributed by atoms with Crippen LogP contribution in [0.4, 0.5) is 14.5 Å². The van der Waals surface area contributed by atoms with Gasteiger partial charge in [0.15, 0.2) is 0 Å². The number of hydrogen-bond donors (Lipinski definition) is 1. The Bertz CT molecular complexity index is 671. The van der Waals surface area contributed by atoms with E-state index in [0.29, 0.717) is 5.56 Å². The Balaban J connectivity index is 2.25. The summed E-state index contributed by atoms with van der Waals surface area (Å²) < 4.78 is 31.6. The number of carbonyl (C=O) groups is 1. The normalized spacial score (nSPS) is 10.3. The average molecular weight is 291 g/mol. The first-order chi connectivity index (χ1) is 10.0. The fraction of sp³-hybridized carbons (Fsp3) is 0.188. The molecule has 0 aliphatic heterocycles. The summed E-state index contributed by atoms with van der Waals surface area (Å²) in [5, 5.41) is 2.87. The van der Waals surface area contributed by atoms with Crippen molar-refractivity contribution >= 4 is 11.7 Å². The van der Waals surface area contributed by atoms with Gasteiger partial charge in [-0.05, 0) is 31.2 Å². The topological polar surface area (TPSA) is 38.3 Å². The molecule has 0 amide bonds. The fourth-order valence-electron chi connectivity index (χ4n) is 1.98. The summed E-state index contributed by atoms with van der Waals surface area (Å²) in [7, 11) is 1.25. The highest BCUT2D eigenvalue weighted by Crippen LogP contribution is 2.20. The number of ether oxygens (including phenoxy) is 1. The molecule has 21 heavy (non-hydrogen) atoms. The highest BCUT2D eigenvalue weighted by molar-refractivity contribution is 5.95.